The smallest absolute Gasteiger partial charge is 0.236 e. The van der Waals surface area contributed by atoms with Crippen LogP contribution in [0.4, 0.5) is 0 Å². The van der Waals surface area contributed by atoms with Gasteiger partial charge in [0.1, 0.15) is 0 Å². The van der Waals surface area contributed by atoms with Gasteiger partial charge in [0.15, 0.2) is 5.78 Å². The van der Waals surface area contributed by atoms with E-state index in [4.69, 9.17) is 5.73 Å². The fraction of sp³-hybridized carbons (Fsp3) is 0.438. The van der Waals surface area contributed by atoms with Gasteiger partial charge in [0, 0.05) is 18.4 Å². The highest BCUT2D eigenvalue weighted by Gasteiger charge is 2.39. The lowest BCUT2D eigenvalue weighted by atomic mass is 9.92. The molecule has 0 spiro atoms. The average molecular weight is 303 g/mol. The van der Waals surface area contributed by atoms with Crippen LogP contribution >= 0.6 is 0 Å². The molecule has 118 valence electrons. The van der Waals surface area contributed by atoms with Crippen LogP contribution in [0.3, 0.4) is 0 Å². The van der Waals surface area contributed by atoms with Crippen molar-refractivity contribution < 1.29 is 14.4 Å². The minimum absolute atomic E-state index is 0.0302. The summed E-state index contributed by atoms with van der Waals surface area (Å²) in [6.45, 7) is 1.72. The van der Waals surface area contributed by atoms with E-state index in [1.807, 2.05) is 37.3 Å². The molecule has 6 nitrogen and oxygen atoms in total. The Morgan fingerprint density at radius 1 is 1.27 bits per heavy atom. The van der Waals surface area contributed by atoms with Crippen LogP contribution in [0.5, 0.6) is 0 Å². The lowest BCUT2D eigenvalue weighted by Crippen LogP contribution is -2.39. The number of hydrogen-bond donors (Lipinski definition) is 3. The third-order valence-electron chi connectivity index (χ3n) is 3.76. The number of rotatable bonds is 8. The van der Waals surface area contributed by atoms with Gasteiger partial charge in [-0.15, -0.1) is 0 Å². The normalized spacial score (nSPS) is 21.0. The molecule has 0 aromatic heterocycles. The molecule has 4 N–H and O–H groups in total. The van der Waals surface area contributed by atoms with Gasteiger partial charge in [-0.3, -0.25) is 14.4 Å². The van der Waals surface area contributed by atoms with E-state index in [1.165, 1.54) is 0 Å². The standard InChI is InChI=1S/C16H21N3O3/c1-10-15(19-10)13(20)8-12(16(22)18-9-14(17)21)7-11-5-3-2-4-6-11/h2-6,10,12,15,19H,7-9H2,1H3,(H2,17,21)(H,18,22)/t10-,12+,15-/m0/s1. The van der Waals surface area contributed by atoms with Crippen molar-refractivity contribution in [3.8, 4) is 0 Å². The number of amides is 2. The summed E-state index contributed by atoms with van der Waals surface area (Å²) in [6, 6.07) is 9.53. The third-order valence-corrected chi connectivity index (χ3v) is 3.76. The molecule has 2 amide bonds. The Labute approximate surface area is 129 Å². The predicted octanol–water partition coefficient (Wildman–Crippen LogP) is -0.234. The number of nitrogens with two attached hydrogens (primary N) is 1. The maximum atomic E-state index is 12.2. The predicted molar refractivity (Wildman–Crippen MR) is 81.8 cm³/mol. The zero-order valence-corrected chi connectivity index (χ0v) is 12.5. The minimum Gasteiger partial charge on any atom is -0.368 e. The first-order chi connectivity index (χ1) is 10.5. The molecule has 22 heavy (non-hydrogen) atoms. The number of Topliss-reactive ketones (excluding diaryl/α,β-unsaturated/α-hetero) is 1. The fourth-order valence-electron chi connectivity index (χ4n) is 2.44. The highest BCUT2D eigenvalue weighted by atomic mass is 16.2. The number of carbonyl (C=O) groups excluding carboxylic acids is 3. The van der Waals surface area contributed by atoms with Crippen molar-refractivity contribution in [1.82, 2.24) is 10.6 Å². The van der Waals surface area contributed by atoms with Crippen LogP contribution in [-0.4, -0.2) is 36.2 Å². The lowest BCUT2D eigenvalue weighted by molar-refractivity contribution is -0.130. The Kier molecular flexibility index (Phi) is 5.27. The van der Waals surface area contributed by atoms with Crippen LogP contribution in [0.1, 0.15) is 18.9 Å². The number of ketones is 1. The Bertz CT molecular complexity index is 559. The zero-order chi connectivity index (χ0) is 16.1. The molecule has 1 fully saturated rings. The summed E-state index contributed by atoms with van der Waals surface area (Å²) >= 11 is 0. The topological polar surface area (TPSA) is 111 Å². The van der Waals surface area contributed by atoms with E-state index in [-0.39, 0.29) is 36.7 Å². The first kappa shape index (κ1) is 16.2. The monoisotopic (exact) mass is 303 g/mol. The number of primary amides is 1. The van der Waals surface area contributed by atoms with Gasteiger partial charge in [-0.25, -0.2) is 0 Å². The quantitative estimate of drug-likeness (QED) is 0.576. The maximum absolute atomic E-state index is 12.2. The molecule has 0 saturated carbocycles. The molecule has 0 radical (unpaired) electrons. The Hall–Kier alpha value is -2.21. The van der Waals surface area contributed by atoms with Gasteiger partial charge in [-0.2, -0.15) is 0 Å². The summed E-state index contributed by atoms with van der Waals surface area (Å²) in [7, 11) is 0. The van der Waals surface area contributed by atoms with E-state index in [9.17, 15) is 14.4 Å². The highest BCUT2D eigenvalue weighted by molar-refractivity contribution is 5.93. The summed E-state index contributed by atoms with van der Waals surface area (Å²) in [5.41, 5.74) is 6.02. The third kappa shape index (κ3) is 4.66. The van der Waals surface area contributed by atoms with Crippen LogP contribution in [0, 0.1) is 5.92 Å². The molecule has 0 aliphatic carbocycles. The molecule has 1 aromatic carbocycles. The second kappa shape index (κ2) is 7.17. The fourth-order valence-corrected chi connectivity index (χ4v) is 2.44. The highest BCUT2D eigenvalue weighted by Crippen LogP contribution is 2.19. The second-order valence-electron chi connectivity index (χ2n) is 5.67. The Morgan fingerprint density at radius 3 is 2.45 bits per heavy atom. The molecule has 0 bridgehead atoms. The first-order valence-electron chi connectivity index (χ1n) is 7.36. The van der Waals surface area contributed by atoms with Crippen LogP contribution in [-0.2, 0) is 20.8 Å². The Balaban J connectivity index is 2.00. The largest absolute Gasteiger partial charge is 0.368 e. The molecule has 0 unspecified atom stereocenters. The number of carbonyl (C=O) groups is 3. The van der Waals surface area contributed by atoms with E-state index in [0.717, 1.165) is 5.56 Å². The van der Waals surface area contributed by atoms with Crippen LogP contribution in [0.15, 0.2) is 30.3 Å². The molecule has 1 heterocycles. The molecule has 1 aliphatic heterocycles. The van der Waals surface area contributed by atoms with Crippen molar-refractivity contribution >= 4 is 17.6 Å². The number of nitrogens with one attached hydrogen (secondary N) is 2. The van der Waals surface area contributed by atoms with E-state index in [0.29, 0.717) is 6.42 Å². The van der Waals surface area contributed by atoms with Crippen molar-refractivity contribution in [1.29, 1.82) is 0 Å². The first-order valence-corrected chi connectivity index (χ1v) is 7.36. The molecule has 6 heteroatoms. The number of hydrogen-bond acceptors (Lipinski definition) is 4. The van der Waals surface area contributed by atoms with Crippen LogP contribution in [0.25, 0.3) is 0 Å². The van der Waals surface area contributed by atoms with Gasteiger partial charge in [0.2, 0.25) is 11.8 Å². The van der Waals surface area contributed by atoms with Gasteiger partial charge >= 0.3 is 0 Å². The van der Waals surface area contributed by atoms with Gasteiger partial charge in [0.05, 0.1) is 12.6 Å². The molecule has 3 atom stereocenters. The van der Waals surface area contributed by atoms with Gasteiger partial charge in [-0.1, -0.05) is 30.3 Å². The average Bonchev–Trinajstić information content (AvgIpc) is 3.22. The summed E-state index contributed by atoms with van der Waals surface area (Å²) < 4.78 is 0. The molecule has 1 aliphatic rings. The van der Waals surface area contributed by atoms with Crippen molar-refractivity contribution in [2.75, 3.05) is 6.54 Å². The second-order valence-corrected chi connectivity index (χ2v) is 5.67. The van der Waals surface area contributed by atoms with Crippen molar-refractivity contribution in [2.24, 2.45) is 11.7 Å². The molecule has 1 aromatic rings. The maximum Gasteiger partial charge on any atom is 0.236 e. The summed E-state index contributed by atoms with van der Waals surface area (Å²) in [5.74, 6) is -1.38. The minimum atomic E-state index is -0.601. The number of benzene rings is 1. The van der Waals surface area contributed by atoms with Gasteiger partial charge < -0.3 is 16.4 Å². The molecule has 2 rings (SSSR count). The summed E-state index contributed by atoms with van der Waals surface area (Å²) in [5, 5.41) is 5.53. The zero-order valence-electron chi connectivity index (χ0n) is 12.5. The van der Waals surface area contributed by atoms with Crippen LogP contribution in [0.2, 0.25) is 0 Å². The lowest BCUT2D eigenvalue weighted by Gasteiger charge is -2.15. The van der Waals surface area contributed by atoms with E-state index in [1.54, 1.807) is 0 Å². The van der Waals surface area contributed by atoms with Gasteiger partial charge in [0.25, 0.3) is 0 Å². The summed E-state index contributed by atoms with van der Waals surface area (Å²) in [4.78, 5) is 35.1. The molecular formula is C16H21N3O3. The molecule has 1 saturated heterocycles. The molecular weight excluding hydrogens is 282 g/mol. The van der Waals surface area contributed by atoms with Crippen molar-refractivity contribution in [3.63, 3.8) is 0 Å². The van der Waals surface area contributed by atoms with Gasteiger partial charge in [-0.05, 0) is 18.9 Å². The van der Waals surface area contributed by atoms with Crippen molar-refractivity contribution in [3.05, 3.63) is 35.9 Å². The summed E-state index contributed by atoms with van der Waals surface area (Å²) in [6.07, 6.45) is 0.611. The Morgan fingerprint density at radius 2 is 1.91 bits per heavy atom. The SMILES string of the molecule is C[C@@H]1N[C@@H]1C(=O)C[C@@H](Cc1ccccc1)C(=O)NCC(N)=O. The van der Waals surface area contributed by atoms with E-state index in [2.05, 4.69) is 10.6 Å². The van der Waals surface area contributed by atoms with E-state index < -0.39 is 11.8 Å². The van der Waals surface area contributed by atoms with Crippen LogP contribution < -0.4 is 16.4 Å². The van der Waals surface area contributed by atoms with E-state index >= 15 is 0 Å². The van der Waals surface area contributed by atoms with Crippen molar-refractivity contribution in [2.45, 2.75) is 31.8 Å².